The monoisotopic (exact) mass is 505 g/mol. The molecule has 186 valence electrons. The number of hydrogen-bond acceptors (Lipinski definition) is 6. The van der Waals surface area contributed by atoms with Gasteiger partial charge in [0.25, 0.3) is 0 Å². The van der Waals surface area contributed by atoms with Crippen LogP contribution in [-0.4, -0.2) is 38.5 Å². The number of carbonyl (C=O) groups is 3. The molecule has 3 amide bonds. The van der Waals surface area contributed by atoms with Crippen molar-refractivity contribution in [3.05, 3.63) is 72.3 Å². The van der Waals surface area contributed by atoms with Crippen LogP contribution < -0.4 is 25.0 Å². The zero-order chi connectivity index (χ0) is 25.7. The first-order chi connectivity index (χ1) is 17.4. The van der Waals surface area contributed by atoms with Gasteiger partial charge in [-0.2, -0.15) is 0 Å². The van der Waals surface area contributed by atoms with Crippen molar-refractivity contribution < 1.29 is 23.9 Å². The van der Waals surface area contributed by atoms with Crippen LogP contribution in [0.3, 0.4) is 0 Å². The number of nitrogens with zero attached hydrogens (tertiary/aromatic N) is 1. The number of ether oxygens (including phenoxy) is 2. The van der Waals surface area contributed by atoms with E-state index in [1.165, 1.54) is 11.8 Å². The second-order valence-electron chi connectivity index (χ2n) is 8.18. The summed E-state index contributed by atoms with van der Waals surface area (Å²) in [6.07, 6.45) is 0.216. The highest BCUT2D eigenvalue weighted by atomic mass is 32.2. The maximum atomic E-state index is 13.4. The van der Waals surface area contributed by atoms with E-state index in [9.17, 15) is 14.4 Å². The molecule has 0 saturated carbocycles. The van der Waals surface area contributed by atoms with Gasteiger partial charge < -0.3 is 25.0 Å². The predicted molar refractivity (Wildman–Crippen MR) is 141 cm³/mol. The number of anilines is 3. The van der Waals surface area contributed by atoms with E-state index in [0.717, 1.165) is 10.5 Å². The first kappa shape index (κ1) is 25.1. The minimum Gasteiger partial charge on any atom is -0.493 e. The minimum atomic E-state index is -0.319. The lowest BCUT2D eigenvalue weighted by atomic mass is 10.1. The number of carbonyl (C=O) groups excluding carboxylic acids is 3. The summed E-state index contributed by atoms with van der Waals surface area (Å²) in [6.45, 7) is 1.31. The van der Waals surface area contributed by atoms with E-state index in [0.29, 0.717) is 28.6 Å². The molecule has 36 heavy (non-hydrogen) atoms. The van der Waals surface area contributed by atoms with Crippen LogP contribution in [0.1, 0.15) is 24.2 Å². The van der Waals surface area contributed by atoms with E-state index in [-0.39, 0.29) is 35.9 Å². The van der Waals surface area contributed by atoms with Crippen molar-refractivity contribution in [2.75, 3.05) is 36.3 Å². The second-order valence-corrected chi connectivity index (χ2v) is 9.42. The van der Waals surface area contributed by atoms with Crippen molar-refractivity contribution in [3.8, 4) is 11.5 Å². The molecule has 3 aromatic carbocycles. The molecule has 3 aromatic rings. The SMILES string of the molecule is COc1ccc([C@@H]2CC(=O)N(CC(=O)Nc3ccc(NC(C)=O)cc3)c3ccccc3S2)cc1OC. The quantitative estimate of drug-likeness (QED) is 0.476. The number of nitrogens with one attached hydrogen (secondary N) is 2. The van der Waals surface area contributed by atoms with Crippen LogP contribution in [0, 0.1) is 0 Å². The van der Waals surface area contributed by atoms with E-state index in [1.54, 1.807) is 50.2 Å². The average Bonchev–Trinajstić information content (AvgIpc) is 3.01. The number of para-hydroxylation sites is 1. The van der Waals surface area contributed by atoms with Crippen LogP contribution in [-0.2, 0) is 14.4 Å². The lowest BCUT2D eigenvalue weighted by molar-refractivity contribution is -0.121. The first-order valence-corrected chi connectivity index (χ1v) is 12.2. The molecule has 0 aromatic heterocycles. The Morgan fingerprint density at radius 3 is 2.28 bits per heavy atom. The van der Waals surface area contributed by atoms with E-state index in [1.807, 2.05) is 42.5 Å². The number of methoxy groups -OCH3 is 2. The third kappa shape index (κ3) is 5.80. The van der Waals surface area contributed by atoms with E-state index < -0.39 is 0 Å². The Labute approximate surface area is 214 Å². The Kier molecular flexibility index (Phi) is 7.80. The lowest BCUT2D eigenvalue weighted by Gasteiger charge is -2.22. The van der Waals surface area contributed by atoms with Crippen LogP contribution in [0.5, 0.6) is 11.5 Å². The summed E-state index contributed by atoms with van der Waals surface area (Å²) in [7, 11) is 3.16. The molecule has 0 fully saturated rings. The fourth-order valence-corrected chi connectivity index (χ4v) is 5.25. The van der Waals surface area contributed by atoms with Gasteiger partial charge in [0.1, 0.15) is 6.54 Å². The second kappa shape index (κ2) is 11.2. The molecular weight excluding hydrogens is 478 g/mol. The molecule has 2 N–H and O–H groups in total. The number of fused-ring (bicyclic) bond motifs is 1. The van der Waals surface area contributed by atoms with Crippen LogP contribution in [0.25, 0.3) is 0 Å². The van der Waals surface area contributed by atoms with Crippen molar-refractivity contribution >= 4 is 46.5 Å². The molecule has 1 atom stereocenters. The summed E-state index contributed by atoms with van der Waals surface area (Å²) in [5, 5.41) is 5.35. The highest BCUT2D eigenvalue weighted by Gasteiger charge is 2.30. The summed E-state index contributed by atoms with van der Waals surface area (Å²) in [5.41, 5.74) is 2.84. The van der Waals surface area contributed by atoms with Crippen LogP contribution in [0.4, 0.5) is 17.1 Å². The standard InChI is InChI=1S/C27H27N3O5S/c1-17(31)28-19-9-11-20(12-10-19)29-26(32)16-30-21-6-4-5-7-24(21)36-25(15-27(30)33)18-8-13-22(34-2)23(14-18)35-3/h4-14,25H,15-16H2,1-3H3,(H,28,31)(H,29,32)/t25-/m0/s1. The summed E-state index contributed by atoms with van der Waals surface area (Å²) in [6, 6.07) is 20.0. The Balaban J connectivity index is 1.53. The van der Waals surface area contributed by atoms with Gasteiger partial charge in [-0.15, -0.1) is 11.8 Å². The molecule has 0 radical (unpaired) electrons. The summed E-state index contributed by atoms with van der Waals surface area (Å²) in [4.78, 5) is 40.0. The van der Waals surface area contributed by atoms with E-state index in [2.05, 4.69) is 10.6 Å². The molecule has 4 rings (SSSR count). The molecule has 0 saturated heterocycles. The average molecular weight is 506 g/mol. The largest absolute Gasteiger partial charge is 0.493 e. The Hall–Kier alpha value is -3.98. The zero-order valence-electron chi connectivity index (χ0n) is 20.2. The van der Waals surface area contributed by atoms with Gasteiger partial charge in [-0.25, -0.2) is 0 Å². The molecule has 0 unspecified atom stereocenters. The number of rotatable bonds is 7. The number of thioether (sulfide) groups is 1. The van der Waals surface area contributed by atoms with Crippen molar-refractivity contribution in [2.45, 2.75) is 23.5 Å². The maximum Gasteiger partial charge on any atom is 0.244 e. The van der Waals surface area contributed by atoms with Gasteiger partial charge in [0.05, 0.1) is 19.9 Å². The Morgan fingerprint density at radius 2 is 1.61 bits per heavy atom. The van der Waals surface area contributed by atoms with Gasteiger partial charge in [0.15, 0.2) is 11.5 Å². The van der Waals surface area contributed by atoms with Crippen molar-refractivity contribution in [3.63, 3.8) is 0 Å². The molecule has 1 aliphatic rings. The van der Waals surface area contributed by atoms with E-state index in [4.69, 9.17) is 9.47 Å². The fourth-order valence-electron chi connectivity index (χ4n) is 3.97. The molecule has 0 bridgehead atoms. The Bertz CT molecular complexity index is 1280. The molecule has 8 nitrogen and oxygen atoms in total. The minimum absolute atomic E-state index is 0.123. The first-order valence-electron chi connectivity index (χ1n) is 11.3. The highest BCUT2D eigenvalue weighted by molar-refractivity contribution is 7.99. The maximum absolute atomic E-state index is 13.4. The third-order valence-electron chi connectivity index (χ3n) is 5.66. The van der Waals surface area contributed by atoms with Crippen molar-refractivity contribution in [1.82, 2.24) is 0 Å². The van der Waals surface area contributed by atoms with Crippen LogP contribution >= 0.6 is 11.8 Å². The Morgan fingerprint density at radius 1 is 0.944 bits per heavy atom. The summed E-state index contributed by atoms with van der Waals surface area (Å²) < 4.78 is 10.8. The molecule has 1 heterocycles. The topological polar surface area (TPSA) is 97.0 Å². The van der Waals surface area contributed by atoms with Crippen molar-refractivity contribution in [2.24, 2.45) is 0 Å². The van der Waals surface area contributed by atoms with E-state index >= 15 is 0 Å². The number of hydrogen-bond donors (Lipinski definition) is 2. The fraction of sp³-hybridized carbons (Fsp3) is 0.222. The van der Waals surface area contributed by atoms with Crippen molar-refractivity contribution in [1.29, 1.82) is 0 Å². The molecular formula is C27H27N3O5S. The summed E-state index contributed by atoms with van der Waals surface area (Å²) >= 11 is 1.58. The third-order valence-corrected chi connectivity index (χ3v) is 6.98. The van der Waals surface area contributed by atoms with Gasteiger partial charge >= 0.3 is 0 Å². The lowest BCUT2D eigenvalue weighted by Crippen LogP contribution is -2.38. The van der Waals surface area contributed by atoms with Gasteiger partial charge in [-0.3, -0.25) is 14.4 Å². The highest BCUT2D eigenvalue weighted by Crippen LogP contribution is 2.46. The summed E-state index contributed by atoms with van der Waals surface area (Å²) in [5.74, 6) is 0.578. The van der Waals surface area contributed by atoms with Crippen LogP contribution in [0.15, 0.2) is 71.6 Å². The van der Waals surface area contributed by atoms with Crippen LogP contribution in [0.2, 0.25) is 0 Å². The zero-order valence-corrected chi connectivity index (χ0v) is 21.1. The molecule has 0 spiro atoms. The van der Waals surface area contributed by atoms with Gasteiger partial charge in [0, 0.05) is 34.9 Å². The molecule has 9 heteroatoms. The van der Waals surface area contributed by atoms with Gasteiger partial charge in [-0.05, 0) is 54.1 Å². The van der Waals surface area contributed by atoms with Gasteiger partial charge in [-0.1, -0.05) is 18.2 Å². The molecule has 1 aliphatic heterocycles. The predicted octanol–water partition coefficient (Wildman–Crippen LogP) is 4.87. The van der Waals surface area contributed by atoms with Gasteiger partial charge in [0.2, 0.25) is 17.7 Å². The molecule has 0 aliphatic carbocycles. The normalized spacial score (nSPS) is 14.9. The number of benzene rings is 3. The smallest absolute Gasteiger partial charge is 0.244 e. The number of amides is 3.